The zero-order valence-electron chi connectivity index (χ0n) is 17.8. The number of halogens is 2. The van der Waals surface area contributed by atoms with Gasteiger partial charge in [-0.3, -0.25) is 9.36 Å². The number of benzene rings is 1. The Kier molecular flexibility index (Phi) is 7.71. The van der Waals surface area contributed by atoms with E-state index < -0.39 is 0 Å². The summed E-state index contributed by atoms with van der Waals surface area (Å²) < 4.78 is 19.6. The minimum Gasteiger partial charge on any atom is -0.491 e. The molecule has 7 nitrogen and oxygen atoms in total. The van der Waals surface area contributed by atoms with Gasteiger partial charge in [0, 0.05) is 20.0 Å². The zero-order valence-corrected chi connectivity index (χ0v) is 19.3. The number of imidazole rings is 1. The molecule has 0 aliphatic heterocycles. The lowest BCUT2D eigenvalue weighted by atomic mass is 9.95. The number of fused-ring (bicyclic) bond motifs is 1. The number of carbonyl (C=O) groups is 1. The molecule has 2 aromatic rings. The second kappa shape index (κ2) is 10.1. The Hall–Kier alpha value is -1.70. The molecule has 166 valence electrons. The molecule has 1 aliphatic rings. The van der Waals surface area contributed by atoms with Crippen molar-refractivity contribution >= 4 is 40.1 Å². The van der Waals surface area contributed by atoms with Crippen molar-refractivity contribution in [2.45, 2.75) is 64.7 Å². The van der Waals surface area contributed by atoms with Gasteiger partial charge in [0.05, 0.1) is 35.4 Å². The average Bonchev–Trinajstić information content (AvgIpc) is 2.99. The Morgan fingerprint density at radius 2 is 1.97 bits per heavy atom. The molecule has 3 rings (SSSR count). The molecule has 0 bridgehead atoms. The molecule has 1 amide bonds. The Bertz CT molecular complexity index is 894. The normalized spacial score (nSPS) is 20.2. The molecule has 0 spiro atoms. The van der Waals surface area contributed by atoms with Gasteiger partial charge in [0.1, 0.15) is 11.1 Å². The highest BCUT2D eigenvalue weighted by Crippen LogP contribution is 2.40. The summed E-state index contributed by atoms with van der Waals surface area (Å²) in [5, 5.41) is 3.71. The van der Waals surface area contributed by atoms with Crippen molar-refractivity contribution in [2.75, 3.05) is 13.2 Å². The van der Waals surface area contributed by atoms with E-state index in [2.05, 4.69) is 10.3 Å². The predicted octanol–water partition coefficient (Wildman–Crippen LogP) is 4.51. The molecule has 1 heterocycles. The number of carbonyl (C=O) groups excluding carboxylic acids is 1. The van der Waals surface area contributed by atoms with Gasteiger partial charge in [0.15, 0.2) is 5.75 Å². The lowest BCUT2D eigenvalue weighted by molar-refractivity contribution is -0.120. The van der Waals surface area contributed by atoms with Gasteiger partial charge in [-0.1, -0.05) is 23.2 Å². The standard InChI is InChI=1S/C21H29Cl2N3O4/c1-5-28-20-16(22)10-17-19(18(20)23)26(4)21(25-17)30-15-8-6-14(7-9-15)29-11-12(2)24-13(3)27/h10,12,14-15H,5-9,11H2,1-4H3,(H,24,27)/t12-,14?,15?/m0/s1. The maximum absolute atomic E-state index is 11.1. The summed E-state index contributed by atoms with van der Waals surface area (Å²) >= 11 is 12.8. The molecule has 1 aliphatic carbocycles. The first-order chi connectivity index (χ1) is 14.3. The molecule has 1 fully saturated rings. The van der Waals surface area contributed by atoms with Crippen molar-refractivity contribution in [3.8, 4) is 11.8 Å². The second-order valence-electron chi connectivity index (χ2n) is 7.71. The highest BCUT2D eigenvalue weighted by molar-refractivity contribution is 6.40. The molecule has 0 unspecified atom stereocenters. The largest absolute Gasteiger partial charge is 0.491 e. The third-order valence-corrected chi connectivity index (χ3v) is 5.81. The molecule has 1 atom stereocenters. The summed E-state index contributed by atoms with van der Waals surface area (Å²) in [6.45, 7) is 6.33. The minimum atomic E-state index is -0.0413. The van der Waals surface area contributed by atoms with Crippen LogP contribution in [0.3, 0.4) is 0 Å². The molecule has 1 N–H and O–H groups in total. The van der Waals surface area contributed by atoms with Crippen LogP contribution in [0.2, 0.25) is 10.0 Å². The molecule has 1 saturated carbocycles. The van der Waals surface area contributed by atoms with Gasteiger partial charge in [-0.2, -0.15) is 4.98 Å². The van der Waals surface area contributed by atoms with Crippen LogP contribution in [0.5, 0.6) is 11.8 Å². The topological polar surface area (TPSA) is 74.6 Å². The Morgan fingerprint density at radius 1 is 1.30 bits per heavy atom. The summed E-state index contributed by atoms with van der Waals surface area (Å²) in [5.74, 6) is 0.425. The average molecular weight is 458 g/mol. The third-order valence-electron chi connectivity index (χ3n) is 5.18. The van der Waals surface area contributed by atoms with Gasteiger partial charge in [0.25, 0.3) is 6.01 Å². The van der Waals surface area contributed by atoms with Crippen molar-refractivity contribution in [2.24, 2.45) is 7.05 Å². The SMILES string of the molecule is CCOc1c(Cl)cc2nc(OC3CCC(OC[C@H](C)NC(C)=O)CC3)n(C)c2c1Cl. The van der Waals surface area contributed by atoms with Crippen molar-refractivity contribution in [1.82, 2.24) is 14.9 Å². The van der Waals surface area contributed by atoms with Crippen molar-refractivity contribution in [3.05, 3.63) is 16.1 Å². The molecule has 1 aromatic heterocycles. The number of nitrogens with zero attached hydrogens (tertiary/aromatic N) is 2. The summed E-state index contributed by atoms with van der Waals surface area (Å²) in [6, 6.07) is 2.27. The van der Waals surface area contributed by atoms with Gasteiger partial charge in [-0.05, 0) is 45.6 Å². The summed E-state index contributed by atoms with van der Waals surface area (Å²) in [7, 11) is 1.87. The van der Waals surface area contributed by atoms with Gasteiger partial charge in [-0.15, -0.1) is 0 Å². The highest BCUT2D eigenvalue weighted by Gasteiger charge is 2.26. The maximum atomic E-state index is 11.1. The van der Waals surface area contributed by atoms with Crippen molar-refractivity contribution in [1.29, 1.82) is 0 Å². The number of aromatic nitrogens is 2. The third kappa shape index (κ3) is 5.31. The highest BCUT2D eigenvalue weighted by atomic mass is 35.5. The van der Waals surface area contributed by atoms with E-state index in [4.69, 9.17) is 37.4 Å². The monoisotopic (exact) mass is 457 g/mol. The zero-order chi connectivity index (χ0) is 21.8. The van der Waals surface area contributed by atoms with E-state index in [1.807, 2.05) is 25.5 Å². The van der Waals surface area contributed by atoms with E-state index in [1.165, 1.54) is 6.92 Å². The quantitative estimate of drug-likeness (QED) is 0.630. The number of aryl methyl sites for hydroxylation is 1. The van der Waals surface area contributed by atoms with Gasteiger partial charge in [-0.25, -0.2) is 0 Å². The first kappa shape index (κ1) is 23.0. The summed E-state index contributed by atoms with van der Waals surface area (Å²) in [6.07, 6.45) is 3.81. The fraction of sp³-hybridized carbons (Fsp3) is 0.619. The van der Waals surface area contributed by atoms with Crippen LogP contribution in [0, 0.1) is 0 Å². The molecule has 0 radical (unpaired) electrons. The van der Waals surface area contributed by atoms with Crippen LogP contribution in [0.4, 0.5) is 0 Å². The number of rotatable bonds is 8. The smallest absolute Gasteiger partial charge is 0.297 e. The van der Waals surface area contributed by atoms with Crippen molar-refractivity contribution < 1.29 is 19.0 Å². The lowest BCUT2D eigenvalue weighted by Crippen LogP contribution is -2.37. The van der Waals surface area contributed by atoms with Gasteiger partial charge >= 0.3 is 0 Å². The van der Waals surface area contributed by atoms with E-state index in [1.54, 1.807) is 6.07 Å². The van der Waals surface area contributed by atoms with Crippen molar-refractivity contribution in [3.63, 3.8) is 0 Å². The van der Waals surface area contributed by atoms with Gasteiger partial charge in [0.2, 0.25) is 5.91 Å². The van der Waals surface area contributed by atoms with E-state index in [-0.39, 0.29) is 24.2 Å². The summed E-state index contributed by atoms with van der Waals surface area (Å²) in [4.78, 5) is 15.7. The van der Waals surface area contributed by atoms with E-state index in [0.717, 1.165) is 31.2 Å². The number of hydrogen-bond donors (Lipinski definition) is 1. The number of hydrogen-bond acceptors (Lipinski definition) is 5. The molecule has 30 heavy (non-hydrogen) atoms. The predicted molar refractivity (Wildman–Crippen MR) is 118 cm³/mol. The number of nitrogens with one attached hydrogen (secondary N) is 1. The second-order valence-corrected chi connectivity index (χ2v) is 8.49. The minimum absolute atomic E-state index is 0.00891. The van der Waals surface area contributed by atoms with Crippen LogP contribution in [-0.2, 0) is 16.6 Å². The Balaban J connectivity index is 1.60. The molecular weight excluding hydrogens is 429 g/mol. The fourth-order valence-corrected chi connectivity index (χ4v) is 4.45. The van der Waals surface area contributed by atoms with Crippen LogP contribution in [0.15, 0.2) is 6.07 Å². The maximum Gasteiger partial charge on any atom is 0.297 e. The molecule has 1 aromatic carbocycles. The molecule has 9 heteroatoms. The number of amides is 1. The molecular formula is C21H29Cl2N3O4. The Labute approximate surface area is 187 Å². The van der Waals surface area contributed by atoms with Crippen LogP contribution in [0.25, 0.3) is 11.0 Å². The molecule has 0 saturated heterocycles. The number of ether oxygens (including phenoxy) is 3. The first-order valence-electron chi connectivity index (χ1n) is 10.3. The fourth-order valence-electron chi connectivity index (χ4n) is 3.77. The summed E-state index contributed by atoms with van der Waals surface area (Å²) in [5.41, 5.74) is 1.42. The van der Waals surface area contributed by atoms with Gasteiger partial charge < -0.3 is 19.5 Å². The first-order valence-corrected chi connectivity index (χ1v) is 11.1. The van der Waals surface area contributed by atoms with Crippen LogP contribution in [0.1, 0.15) is 46.5 Å². The van der Waals surface area contributed by atoms with Crippen LogP contribution >= 0.6 is 23.2 Å². The van der Waals surface area contributed by atoms with Crippen LogP contribution in [-0.4, -0.2) is 46.9 Å². The van der Waals surface area contributed by atoms with E-state index in [0.29, 0.717) is 40.5 Å². The van der Waals surface area contributed by atoms with E-state index >= 15 is 0 Å². The Morgan fingerprint density at radius 3 is 2.60 bits per heavy atom. The van der Waals surface area contributed by atoms with E-state index in [9.17, 15) is 4.79 Å². The van der Waals surface area contributed by atoms with Crippen LogP contribution < -0.4 is 14.8 Å². The lowest BCUT2D eigenvalue weighted by Gasteiger charge is -2.29.